The highest BCUT2D eigenvalue weighted by Crippen LogP contribution is 2.26. The average molecular weight is 358 g/mol. The van der Waals surface area contributed by atoms with Gasteiger partial charge >= 0.3 is 0 Å². The molecule has 2 aromatic heterocycles. The normalized spacial score (nSPS) is 20.3. The molecule has 0 spiro atoms. The summed E-state index contributed by atoms with van der Waals surface area (Å²) in [5, 5.41) is 7.27. The van der Waals surface area contributed by atoms with Gasteiger partial charge in [0, 0.05) is 25.0 Å². The van der Waals surface area contributed by atoms with Crippen LogP contribution in [0.3, 0.4) is 0 Å². The van der Waals surface area contributed by atoms with Crippen molar-refractivity contribution in [1.29, 1.82) is 0 Å². The van der Waals surface area contributed by atoms with Gasteiger partial charge in [0.2, 0.25) is 0 Å². The molecule has 6 heteroatoms. The van der Waals surface area contributed by atoms with Crippen LogP contribution in [-0.4, -0.2) is 39.5 Å². The van der Waals surface area contributed by atoms with Crippen molar-refractivity contribution in [3.8, 4) is 5.82 Å². The maximum Gasteiger partial charge on any atom is 0.256 e. The number of nitrogens with zero attached hydrogens (tertiary/aromatic N) is 3. The number of nitrogens with one attached hydrogen (secondary N) is 1. The quantitative estimate of drug-likeness (QED) is 0.807. The Kier molecular flexibility index (Phi) is 5.81. The smallest absolute Gasteiger partial charge is 0.256 e. The third-order valence-electron chi connectivity index (χ3n) is 5.39. The molecule has 1 aliphatic carbocycles. The highest BCUT2D eigenvalue weighted by molar-refractivity contribution is 5.97. The second kappa shape index (κ2) is 8.08. The second-order valence-electron chi connectivity index (χ2n) is 7.38. The Hall–Kier alpha value is -2.08. The maximum absolute atomic E-state index is 12.7. The summed E-state index contributed by atoms with van der Waals surface area (Å²) < 4.78 is 9.79. The van der Waals surface area contributed by atoms with Crippen LogP contribution in [0.4, 0.5) is 0 Å². The van der Waals surface area contributed by atoms with E-state index >= 15 is 0 Å². The van der Waals surface area contributed by atoms with Gasteiger partial charge in [-0.05, 0) is 44.7 Å². The summed E-state index contributed by atoms with van der Waals surface area (Å²) in [7, 11) is 1.86. The molecule has 0 bridgehead atoms. The van der Waals surface area contributed by atoms with E-state index in [1.807, 2.05) is 33.0 Å². The Labute approximate surface area is 155 Å². The van der Waals surface area contributed by atoms with Crippen LogP contribution < -0.4 is 5.32 Å². The third kappa shape index (κ3) is 3.85. The highest BCUT2D eigenvalue weighted by atomic mass is 16.5. The first-order valence-electron chi connectivity index (χ1n) is 9.56. The number of rotatable bonds is 6. The summed E-state index contributed by atoms with van der Waals surface area (Å²) in [4.78, 5) is 12.7. The van der Waals surface area contributed by atoms with Gasteiger partial charge in [-0.25, -0.2) is 0 Å². The fourth-order valence-electron chi connectivity index (χ4n) is 3.86. The fourth-order valence-corrected chi connectivity index (χ4v) is 3.86. The Morgan fingerprint density at radius 3 is 2.65 bits per heavy atom. The highest BCUT2D eigenvalue weighted by Gasteiger charge is 2.22. The van der Waals surface area contributed by atoms with Crippen molar-refractivity contribution in [3.05, 3.63) is 35.3 Å². The lowest BCUT2D eigenvalue weighted by Crippen LogP contribution is -2.32. The predicted octanol–water partition coefficient (Wildman–Crippen LogP) is 3.15. The van der Waals surface area contributed by atoms with Gasteiger partial charge < -0.3 is 14.6 Å². The standard InChI is InChI=1S/C20H30N4O2/c1-14-7-5-6-8-18(14)26-12-11-21-19(25)17-13-22-23(4)20(17)24-15(2)9-10-16(24)3/h9-10,13-14,18H,5-8,11-12H2,1-4H3,(H,21,25)/t14-,18+/m0/s1. The number of carbonyl (C=O) groups excluding carboxylic acids is 1. The minimum absolute atomic E-state index is 0.110. The first kappa shape index (κ1) is 18.7. The van der Waals surface area contributed by atoms with Gasteiger partial charge in [-0.2, -0.15) is 5.10 Å². The number of aromatic nitrogens is 3. The molecule has 1 aliphatic rings. The Morgan fingerprint density at radius 1 is 1.27 bits per heavy atom. The largest absolute Gasteiger partial charge is 0.376 e. The predicted molar refractivity (Wildman–Crippen MR) is 102 cm³/mol. The zero-order chi connectivity index (χ0) is 18.7. The monoisotopic (exact) mass is 358 g/mol. The topological polar surface area (TPSA) is 61.1 Å². The summed E-state index contributed by atoms with van der Waals surface area (Å²) in [5.74, 6) is 1.30. The first-order valence-corrected chi connectivity index (χ1v) is 9.56. The van der Waals surface area contributed by atoms with E-state index in [0.717, 1.165) is 23.6 Å². The van der Waals surface area contributed by atoms with Gasteiger partial charge in [0.1, 0.15) is 11.4 Å². The number of hydrogen-bond donors (Lipinski definition) is 1. The number of aryl methyl sites for hydroxylation is 3. The van der Waals surface area contributed by atoms with E-state index in [9.17, 15) is 4.79 Å². The Bertz CT molecular complexity index is 742. The van der Waals surface area contributed by atoms with E-state index in [-0.39, 0.29) is 5.91 Å². The molecule has 2 atom stereocenters. The number of amides is 1. The Morgan fingerprint density at radius 2 is 1.96 bits per heavy atom. The van der Waals surface area contributed by atoms with Crippen molar-refractivity contribution in [1.82, 2.24) is 19.7 Å². The number of carbonyl (C=O) groups is 1. The van der Waals surface area contributed by atoms with Crippen LogP contribution in [0.5, 0.6) is 0 Å². The molecule has 1 N–H and O–H groups in total. The molecule has 2 aromatic rings. The summed E-state index contributed by atoms with van der Waals surface area (Å²) in [6.07, 6.45) is 6.89. The summed E-state index contributed by atoms with van der Waals surface area (Å²) >= 11 is 0. The summed E-state index contributed by atoms with van der Waals surface area (Å²) in [6.45, 7) is 7.38. The second-order valence-corrected chi connectivity index (χ2v) is 7.38. The van der Waals surface area contributed by atoms with E-state index in [1.54, 1.807) is 10.9 Å². The molecule has 2 heterocycles. The van der Waals surface area contributed by atoms with Crippen LogP contribution in [0.2, 0.25) is 0 Å². The third-order valence-corrected chi connectivity index (χ3v) is 5.39. The van der Waals surface area contributed by atoms with Gasteiger partial charge in [0.25, 0.3) is 5.91 Å². The zero-order valence-corrected chi connectivity index (χ0v) is 16.3. The molecule has 3 rings (SSSR count). The van der Waals surface area contributed by atoms with Crippen molar-refractivity contribution < 1.29 is 9.53 Å². The molecule has 1 fully saturated rings. The first-order chi connectivity index (χ1) is 12.5. The van der Waals surface area contributed by atoms with Crippen LogP contribution in [0, 0.1) is 19.8 Å². The van der Waals surface area contributed by atoms with Crippen molar-refractivity contribution in [2.45, 2.75) is 52.6 Å². The van der Waals surface area contributed by atoms with Gasteiger partial charge in [0.15, 0.2) is 0 Å². The van der Waals surface area contributed by atoms with E-state index in [1.165, 1.54) is 19.3 Å². The average Bonchev–Trinajstić information content (AvgIpc) is 3.15. The minimum Gasteiger partial charge on any atom is -0.376 e. The summed E-state index contributed by atoms with van der Waals surface area (Å²) in [5.41, 5.74) is 2.74. The van der Waals surface area contributed by atoms with Gasteiger partial charge in [-0.15, -0.1) is 0 Å². The molecule has 142 valence electrons. The molecule has 0 unspecified atom stereocenters. The number of ether oxygens (including phenoxy) is 1. The molecule has 0 aromatic carbocycles. The van der Waals surface area contributed by atoms with Crippen LogP contribution >= 0.6 is 0 Å². The zero-order valence-electron chi connectivity index (χ0n) is 16.3. The van der Waals surface area contributed by atoms with Crippen molar-refractivity contribution in [3.63, 3.8) is 0 Å². The molecule has 0 saturated heterocycles. The van der Waals surface area contributed by atoms with Crippen molar-refractivity contribution in [2.24, 2.45) is 13.0 Å². The SMILES string of the molecule is Cc1ccc(C)n1-c1c(C(=O)NCCO[C@@H]2CCCC[C@@H]2C)cnn1C. The van der Waals surface area contributed by atoms with E-state index in [0.29, 0.717) is 30.7 Å². The molecule has 26 heavy (non-hydrogen) atoms. The van der Waals surface area contributed by atoms with Gasteiger partial charge in [-0.3, -0.25) is 9.48 Å². The van der Waals surface area contributed by atoms with E-state index < -0.39 is 0 Å². The molecule has 6 nitrogen and oxygen atoms in total. The lowest BCUT2D eigenvalue weighted by atomic mass is 9.88. The van der Waals surface area contributed by atoms with Crippen LogP contribution in [0.25, 0.3) is 5.82 Å². The molecular weight excluding hydrogens is 328 g/mol. The maximum atomic E-state index is 12.7. The lowest BCUT2D eigenvalue weighted by Gasteiger charge is -2.28. The van der Waals surface area contributed by atoms with Crippen LogP contribution in [0.15, 0.2) is 18.3 Å². The Balaban J connectivity index is 1.61. The van der Waals surface area contributed by atoms with Gasteiger partial charge in [-0.1, -0.05) is 19.8 Å². The number of hydrogen-bond acceptors (Lipinski definition) is 3. The lowest BCUT2D eigenvalue weighted by molar-refractivity contribution is -0.00293. The van der Waals surface area contributed by atoms with Crippen molar-refractivity contribution in [2.75, 3.05) is 13.2 Å². The summed E-state index contributed by atoms with van der Waals surface area (Å²) in [6, 6.07) is 4.09. The fraction of sp³-hybridized carbons (Fsp3) is 0.600. The molecule has 1 saturated carbocycles. The molecule has 0 radical (unpaired) electrons. The van der Waals surface area contributed by atoms with Crippen LogP contribution in [-0.2, 0) is 11.8 Å². The molecule has 0 aliphatic heterocycles. The van der Waals surface area contributed by atoms with E-state index in [4.69, 9.17) is 4.74 Å². The molecular formula is C20H30N4O2. The minimum atomic E-state index is -0.110. The molecule has 1 amide bonds. The van der Waals surface area contributed by atoms with E-state index in [2.05, 4.69) is 21.9 Å². The van der Waals surface area contributed by atoms with Crippen molar-refractivity contribution >= 4 is 5.91 Å². The van der Waals surface area contributed by atoms with Crippen LogP contribution in [0.1, 0.15) is 54.4 Å². The van der Waals surface area contributed by atoms with Gasteiger partial charge in [0.05, 0.1) is 18.9 Å².